The number of nitrogens with one attached hydrogen (secondary N) is 1. The topological polar surface area (TPSA) is 106 Å². The van der Waals surface area contributed by atoms with E-state index in [0.717, 1.165) is 22.6 Å². The molecule has 2 aromatic carbocycles. The van der Waals surface area contributed by atoms with E-state index in [4.69, 9.17) is 25.8 Å². The van der Waals surface area contributed by atoms with Gasteiger partial charge >= 0.3 is 6.09 Å². The molecule has 0 aliphatic carbocycles. The molecular weight excluding hydrogens is 536 g/mol. The number of amides is 1. The van der Waals surface area contributed by atoms with Crippen molar-refractivity contribution in [2.45, 2.75) is 57.4 Å². The van der Waals surface area contributed by atoms with Crippen LogP contribution in [0.1, 0.15) is 57.0 Å². The molecule has 0 aliphatic heterocycles. The van der Waals surface area contributed by atoms with Crippen molar-refractivity contribution in [1.29, 1.82) is 5.26 Å². The second-order valence-electron chi connectivity index (χ2n) is 10.2. The van der Waals surface area contributed by atoms with Gasteiger partial charge in [-0.1, -0.05) is 49.3 Å². The first kappa shape index (κ1) is 30.1. The van der Waals surface area contributed by atoms with Gasteiger partial charge in [0.2, 0.25) is 0 Å². The molecule has 1 N–H and O–H groups in total. The van der Waals surface area contributed by atoms with Gasteiger partial charge in [-0.05, 0) is 68.5 Å². The summed E-state index contributed by atoms with van der Waals surface area (Å²) in [4.78, 5) is 20.4. The fourth-order valence-corrected chi connectivity index (χ4v) is 4.30. The monoisotopic (exact) mass is 568 g/mol. The van der Waals surface area contributed by atoms with Crippen molar-refractivity contribution >= 4 is 29.5 Å². The van der Waals surface area contributed by atoms with Gasteiger partial charge in [-0.3, -0.25) is 0 Å². The highest BCUT2D eigenvalue weighted by Crippen LogP contribution is 2.38. The first-order valence-corrected chi connectivity index (χ1v) is 14.0. The number of nitriles is 1. The molecule has 1 amide bonds. The highest BCUT2D eigenvalue weighted by Gasteiger charge is 2.26. The fraction of sp³-hybridized carbons (Fsp3) is 0.379. The third-order valence-corrected chi connectivity index (χ3v) is 6.58. The Hall–Kier alpha value is -3.48. The highest BCUT2D eigenvalue weighted by molar-refractivity contribution is 7.98. The first-order valence-electron chi connectivity index (χ1n) is 12.4. The number of ether oxygens (including phenoxy) is 3. The van der Waals surface area contributed by atoms with Crippen molar-refractivity contribution in [3.63, 3.8) is 0 Å². The van der Waals surface area contributed by atoms with E-state index in [1.807, 2.05) is 42.7 Å². The molecule has 10 heteroatoms. The molecule has 0 unspecified atom stereocenters. The summed E-state index contributed by atoms with van der Waals surface area (Å²) in [5.41, 5.74) is 1.97. The minimum absolute atomic E-state index is 0.130. The number of aromatic nitrogens is 2. The SMILES string of the molecule is CSc1nccc(COc2ccc(C(C)(C)c3cc(Cl)c(OCCNC(=O)OC(C)(C)C)c(C#N)c3)cc2)n1. The number of hydrogen-bond acceptors (Lipinski definition) is 8. The van der Waals surface area contributed by atoms with Crippen LogP contribution in [0.5, 0.6) is 11.5 Å². The van der Waals surface area contributed by atoms with Crippen molar-refractivity contribution in [2.75, 3.05) is 19.4 Å². The molecule has 0 bridgehead atoms. The Morgan fingerprint density at radius 3 is 2.44 bits per heavy atom. The van der Waals surface area contributed by atoms with Crippen LogP contribution in [-0.4, -0.2) is 41.1 Å². The summed E-state index contributed by atoms with van der Waals surface area (Å²) in [5.74, 6) is 1.00. The molecule has 0 atom stereocenters. The van der Waals surface area contributed by atoms with Crippen LogP contribution >= 0.6 is 23.4 Å². The van der Waals surface area contributed by atoms with Crippen molar-refractivity contribution in [2.24, 2.45) is 0 Å². The Labute approximate surface area is 239 Å². The molecule has 0 saturated carbocycles. The van der Waals surface area contributed by atoms with Gasteiger partial charge in [-0.25, -0.2) is 14.8 Å². The summed E-state index contributed by atoms with van der Waals surface area (Å²) in [6.07, 6.45) is 3.12. The first-order chi connectivity index (χ1) is 18.4. The number of rotatable bonds is 10. The Bertz CT molecular complexity index is 1330. The lowest BCUT2D eigenvalue weighted by Gasteiger charge is -2.27. The van der Waals surface area contributed by atoms with Crippen molar-refractivity contribution in [1.82, 2.24) is 15.3 Å². The molecule has 3 aromatic rings. The van der Waals surface area contributed by atoms with Gasteiger partial charge in [0, 0.05) is 11.6 Å². The van der Waals surface area contributed by atoms with Gasteiger partial charge in [0.25, 0.3) is 0 Å². The summed E-state index contributed by atoms with van der Waals surface area (Å²) in [6.45, 7) is 10.2. The number of hydrogen-bond donors (Lipinski definition) is 1. The second-order valence-corrected chi connectivity index (χ2v) is 11.4. The van der Waals surface area contributed by atoms with E-state index < -0.39 is 17.1 Å². The normalized spacial score (nSPS) is 11.4. The van der Waals surface area contributed by atoms with Crippen molar-refractivity contribution in [3.8, 4) is 17.6 Å². The molecule has 3 rings (SSSR count). The quantitative estimate of drug-likeness (QED) is 0.167. The number of halogens is 1. The van der Waals surface area contributed by atoms with Crippen LogP contribution in [0.25, 0.3) is 0 Å². The van der Waals surface area contributed by atoms with Crippen LogP contribution in [0, 0.1) is 11.3 Å². The molecule has 0 fully saturated rings. The highest BCUT2D eigenvalue weighted by atomic mass is 35.5. The lowest BCUT2D eigenvalue weighted by atomic mass is 9.77. The Kier molecular flexibility index (Phi) is 10.1. The largest absolute Gasteiger partial charge is 0.489 e. The number of carbonyl (C=O) groups is 1. The van der Waals surface area contributed by atoms with Crippen LogP contribution < -0.4 is 14.8 Å². The number of thioether (sulfide) groups is 1. The second kappa shape index (κ2) is 13.0. The predicted octanol–water partition coefficient (Wildman–Crippen LogP) is 6.53. The Balaban J connectivity index is 1.67. The van der Waals surface area contributed by atoms with Crippen LogP contribution in [-0.2, 0) is 16.8 Å². The third-order valence-electron chi connectivity index (χ3n) is 5.74. The molecule has 1 aromatic heterocycles. The van der Waals surface area contributed by atoms with Gasteiger partial charge in [0.1, 0.15) is 30.6 Å². The minimum atomic E-state index is -0.589. The molecule has 206 valence electrons. The summed E-state index contributed by atoms with van der Waals surface area (Å²) in [7, 11) is 0. The summed E-state index contributed by atoms with van der Waals surface area (Å²) >= 11 is 8.05. The molecule has 0 spiro atoms. The average molecular weight is 569 g/mol. The van der Waals surface area contributed by atoms with Crippen LogP contribution in [0.15, 0.2) is 53.8 Å². The van der Waals surface area contributed by atoms with E-state index in [9.17, 15) is 10.1 Å². The number of benzene rings is 2. The minimum Gasteiger partial charge on any atom is -0.489 e. The standard InChI is InChI=1S/C29H33ClN4O4S/c1-28(2,3)38-27(35)33-13-14-36-25-19(17-31)15-21(16-24(25)30)29(4,5)20-7-9-23(10-8-20)37-18-22-11-12-32-26(34-22)39-6/h7-12,15-16H,13-14,18H2,1-6H3,(H,33,35). The summed E-state index contributed by atoms with van der Waals surface area (Å²) in [6, 6.07) is 15.4. The van der Waals surface area contributed by atoms with Gasteiger partial charge in [0.05, 0.1) is 22.8 Å². The van der Waals surface area contributed by atoms with E-state index in [1.165, 1.54) is 11.8 Å². The lowest BCUT2D eigenvalue weighted by molar-refractivity contribution is 0.0520. The molecule has 0 radical (unpaired) electrons. The molecule has 1 heterocycles. The third kappa shape index (κ3) is 8.50. The Morgan fingerprint density at radius 1 is 1.08 bits per heavy atom. The number of carbonyl (C=O) groups excluding carboxylic acids is 1. The molecule has 39 heavy (non-hydrogen) atoms. The summed E-state index contributed by atoms with van der Waals surface area (Å²) in [5, 5.41) is 13.4. The average Bonchev–Trinajstić information content (AvgIpc) is 2.89. The summed E-state index contributed by atoms with van der Waals surface area (Å²) < 4.78 is 16.9. The van der Waals surface area contributed by atoms with E-state index in [0.29, 0.717) is 22.3 Å². The van der Waals surface area contributed by atoms with Crippen molar-refractivity contribution in [3.05, 3.63) is 76.1 Å². The predicted molar refractivity (Wildman–Crippen MR) is 153 cm³/mol. The molecule has 0 saturated heterocycles. The van der Waals surface area contributed by atoms with Gasteiger partial charge < -0.3 is 19.5 Å². The Morgan fingerprint density at radius 2 is 1.79 bits per heavy atom. The zero-order valence-corrected chi connectivity index (χ0v) is 24.6. The van der Waals surface area contributed by atoms with Crippen LogP contribution in [0.2, 0.25) is 5.02 Å². The zero-order chi connectivity index (χ0) is 28.6. The maximum Gasteiger partial charge on any atom is 0.407 e. The fourth-order valence-electron chi connectivity index (χ4n) is 3.65. The van der Waals surface area contributed by atoms with Gasteiger partial charge in [-0.15, -0.1) is 0 Å². The van der Waals surface area contributed by atoms with E-state index in [2.05, 4.69) is 35.2 Å². The van der Waals surface area contributed by atoms with E-state index in [-0.39, 0.29) is 18.9 Å². The maximum atomic E-state index is 11.8. The smallest absolute Gasteiger partial charge is 0.407 e. The van der Waals surface area contributed by atoms with E-state index >= 15 is 0 Å². The zero-order valence-electron chi connectivity index (χ0n) is 23.0. The molecule has 8 nitrogen and oxygen atoms in total. The molecule has 0 aliphatic rings. The van der Waals surface area contributed by atoms with Crippen molar-refractivity contribution < 1.29 is 19.0 Å². The van der Waals surface area contributed by atoms with Crippen LogP contribution in [0.3, 0.4) is 0 Å². The van der Waals surface area contributed by atoms with Crippen LogP contribution in [0.4, 0.5) is 4.79 Å². The maximum absolute atomic E-state index is 11.8. The van der Waals surface area contributed by atoms with Gasteiger partial charge in [-0.2, -0.15) is 5.26 Å². The van der Waals surface area contributed by atoms with E-state index in [1.54, 1.807) is 33.0 Å². The molecular formula is C29H33ClN4O4S. The number of alkyl carbamates (subject to hydrolysis) is 1. The number of nitrogens with zero attached hydrogens (tertiary/aromatic N) is 3. The lowest BCUT2D eigenvalue weighted by Crippen LogP contribution is -2.34. The van der Waals surface area contributed by atoms with Gasteiger partial charge in [0.15, 0.2) is 10.9 Å².